The fraction of sp³-hybridized carbons (Fsp3) is 0.364. The Labute approximate surface area is 189 Å². The largest absolute Gasteiger partial charge is 0.476 e. The number of rotatable bonds is 4. The number of aryl methyl sites for hydroxylation is 1. The SMILES string of the molecule is Cc1cc([C@@H](C)Nc2ccc(Cl)nc2C(=O)O)c2nc3c(nc2c1)OC[C@@H]1COCCN31. The zero-order chi connectivity index (χ0) is 22.4. The topological polar surface area (TPSA) is 110 Å². The highest BCUT2D eigenvalue weighted by Crippen LogP contribution is 2.36. The molecule has 2 aromatic heterocycles. The molecule has 10 heteroatoms. The van der Waals surface area contributed by atoms with Gasteiger partial charge in [0.2, 0.25) is 0 Å². The van der Waals surface area contributed by atoms with Crippen LogP contribution in [0.1, 0.15) is 34.6 Å². The van der Waals surface area contributed by atoms with Crippen LogP contribution in [0.15, 0.2) is 24.3 Å². The highest BCUT2D eigenvalue weighted by molar-refractivity contribution is 6.29. The number of benzene rings is 1. The van der Waals surface area contributed by atoms with Crippen LogP contribution in [0.3, 0.4) is 0 Å². The van der Waals surface area contributed by atoms with Crippen molar-refractivity contribution in [3.63, 3.8) is 0 Å². The fourth-order valence-corrected chi connectivity index (χ4v) is 4.34. The van der Waals surface area contributed by atoms with Gasteiger partial charge >= 0.3 is 5.97 Å². The van der Waals surface area contributed by atoms with E-state index in [0.717, 1.165) is 28.7 Å². The summed E-state index contributed by atoms with van der Waals surface area (Å²) in [5.41, 5.74) is 3.64. The van der Waals surface area contributed by atoms with Crippen LogP contribution in [0.5, 0.6) is 5.88 Å². The summed E-state index contributed by atoms with van der Waals surface area (Å²) in [6, 6.07) is 7.03. The number of carboxylic acid groups (broad SMARTS) is 1. The molecule has 3 aromatic rings. The molecule has 0 aliphatic carbocycles. The molecule has 32 heavy (non-hydrogen) atoms. The summed E-state index contributed by atoms with van der Waals surface area (Å²) < 4.78 is 11.5. The molecule has 0 amide bonds. The average Bonchev–Trinajstić information content (AvgIpc) is 2.78. The normalized spacial score (nSPS) is 18.5. The summed E-state index contributed by atoms with van der Waals surface area (Å²) in [7, 11) is 0. The second-order valence-corrected chi connectivity index (χ2v) is 8.40. The van der Waals surface area contributed by atoms with E-state index >= 15 is 0 Å². The molecule has 1 fully saturated rings. The standard InChI is InChI=1S/C22H22ClN5O4/c1-11-7-14(12(2)24-15-3-4-17(23)26-19(15)22(29)30)18-16(8-11)25-21-20(27-18)28-5-6-31-9-13(28)10-32-21/h3-4,7-8,12-13,24H,5-6,9-10H2,1-2H3,(H,29,30)/t12-,13+/m1/s1. The highest BCUT2D eigenvalue weighted by Gasteiger charge is 2.33. The number of aromatic carboxylic acids is 1. The number of fused-ring (bicyclic) bond motifs is 4. The van der Waals surface area contributed by atoms with Crippen molar-refractivity contribution in [2.75, 3.05) is 36.6 Å². The first kappa shape index (κ1) is 20.7. The van der Waals surface area contributed by atoms with E-state index in [0.29, 0.717) is 37.2 Å². The van der Waals surface area contributed by atoms with E-state index in [-0.39, 0.29) is 22.9 Å². The van der Waals surface area contributed by atoms with E-state index in [1.54, 1.807) is 12.1 Å². The molecule has 166 valence electrons. The molecule has 0 bridgehead atoms. The predicted molar refractivity (Wildman–Crippen MR) is 120 cm³/mol. The van der Waals surface area contributed by atoms with Crippen molar-refractivity contribution in [1.29, 1.82) is 0 Å². The second-order valence-electron chi connectivity index (χ2n) is 8.01. The minimum Gasteiger partial charge on any atom is -0.476 e. The van der Waals surface area contributed by atoms with Gasteiger partial charge in [0.25, 0.3) is 5.88 Å². The minimum absolute atomic E-state index is 0.116. The molecular formula is C22H22ClN5O4. The summed E-state index contributed by atoms with van der Waals surface area (Å²) in [5, 5.41) is 12.9. The van der Waals surface area contributed by atoms with E-state index in [2.05, 4.69) is 15.2 Å². The summed E-state index contributed by atoms with van der Waals surface area (Å²) in [6.45, 7) is 6.42. The lowest BCUT2D eigenvalue weighted by Crippen LogP contribution is -2.51. The minimum atomic E-state index is -1.15. The Kier molecular flexibility index (Phi) is 5.22. The van der Waals surface area contributed by atoms with E-state index < -0.39 is 5.97 Å². The Morgan fingerprint density at radius 1 is 1.28 bits per heavy atom. The number of pyridine rings is 1. The maximum atomic E-state index is 11.6. The Hall–Kier alpha value is -3.17. The first-order chi connectivity index (χ1) is 15.4. The lowest BCUT2D eigenvalue weighted by atomic mass is 10.0. The van der Waals surface area contributed by atoms with E-state index in [1.807, 2.05) is 26.0 Å². The van der Waals surface area contributed by atoms with Gasteiger partial charge in [-0.05, 0) is 37.6 Å². The number of anilines is 2. The van der Waals surface area contributed by atoms with Gasteiger partial charge in [0.15, 0.2) is 11.5 Å². The first-order valence-electron chi connectivity index (χ1n) is 10.4. The summed E-state index contributed by atoms with van der Waals surface area (Å²) in [5.74, 6) is 0.0947. The predicted octanol–water partition coefficient (Wildman–Crippen LogP) is 3.46. The van der Waals surface area contributed by atoms with Gasteiger partial charge < -0.3 is 24.8 Å². The number of carboxylic acids is 1. The number of hydrogen-bond acceptors (Lipinski definition) is 8. The number of carbonyl (C=O) groups is 1. The van der Waals surface area contributed by atoms with Crippen LogP contribution in [0.2, 0.25) is 5.15 Å². The van der Waals surface area contributed by atoms with Crippen molar-refractivity contribution in [3.05, 3.63) is 46.2 Å². The molecule has 0 spiro atoms. The van der Waals surface area contributed by atoms with Crippen LogP contribution in [0.4, 0.5) is 11.5 Å². The Morgan fingerprint density at radius 2 is 2.12 bits per heavy atom. The van der Waals surface area contributed by atoms with Gasteiger partial charge in [-0.25, -0.2) is 19.7 Å². The highest BCUT2D eigenvalue weighted by atomic mass is 35.5. The second kappa shape index (κ2) is 8.07. The summed E-state index contributed by atoms with van der Waals surface area (Å²) in [6.07, 6.45) is 0. The van der Waals surface area contributed by atoms with Gasteiger partial charge in [-0.3, -0.25) is 0 Å². The van der Waals surface area contributed by atoms with Crippen molar-refractivity contribution >= 4 is 40.1 Å². The molecule has 2 aliphatic rings. The molecule has 0 radical (unpaired) electrons. The van der Waals surface area contributed by atoms with Gasteiger partial charge in [-0.15, -0.1) is 0 Å². The van der Waals surface area contributed by atoms with Gasteiger partial charge in [0.1, 0.15) is 11.8 Å². The Balaban J connectivity index is 1.57. The lowest BCUT2D eigenvalue weighted by Gasteiger charge is -2.39. The first-order valence-corrected chi connectivity index (χ1v) is 10.7. The van der Waals surface area contributed by atoms with Crippen LogP contribution in [0, 0.1) is 6.92 Å². The van der Waals surface area contributed by atoms with Crippen molar-refractivity contribution in [2.45, 2.75) is 25.9 Å². The van der Waals surface area contributed by atoms with Gasteiger partial charge in [-0.1, -0.05) is 17.7 Å². The number of ether oxygens (including phenoxy) is 2. The summed E-state index contributed by atoms with van der Waals surface area (Å²) in [4.78, 5) is 27.5. The maximum absolute atomic E-state index is 11.6. The molecular weight excluding hydrogens is 434 g/mol. The van der Waals surface area contributed by atoms with Crippen LogP contribution in [-0.4, -0.2) is 58.4 Å². The van der Waals surface area contributed by atoms with Crippen molar-refractivity contribution in [3.8, 4) is 5.88 Å². The number of halogens is 1. The summed E-state index contributed by atoms with van der Waals surface area (Å²) >= 11 is 5.89. The molecule has 2 N–H and O–H groups in total. The zero-order valence-corrected chi connectivity index (χ0v) is 18.4. The number of nitrogens with zero attached hydrogens (tertiary/aromatic N) is 4. The molecule has 1 aromatic carbocycles. The van der Waals surface area contributed by atoms with Crippen molar-refractivity contribution in [2.24, 2.45) is 0 Å². The third-order valence-corrected chi connectivity index (χ3v) is 5.92. The smallest absolute Gasteiger partial charge is 0.356 e. The monoisotopic (exact) mass is 455 g/mol. The molecule has 2 atom stereocenters. The van der Waals surface area contributed by atoms with E-state index in [9.17, 15) is 9.90 Å². The fourth-order valence-electron chi connectivity index (χ4n) is 4.19. The van der Waals surface area contributed by atoms with Gasteiger partial charge in [0.05, 0.1) is 42.0 Å². The molecule has 9 nitrogen and oxygen atoms in total. The number of aromatic nitrogens is 3. The third-order valence-electron chi connectivity index (χ3n) is 5.71. The van der Waals surface area contributed by atoms with Crippen LogP contribution in [0.25, 0.3) is 11.0 Å². The van der Waals surface area contributed by atoms with Gasteiger partial charge in [-0.2, -0.15) is 0 Å². The quantitative estimate of drug-likeness (QED) is 0.571. The maximum Gasteiger partial charge on any atom is 0.356 e. The molecule has 0 unspecified atom stereocenters. The number of hydrogen-bond donors (Lipinski definition) is 2. The van der Waals surface area contributed by atoms with Crippen LogP contribution < -0.4 is 15.0 Å². The molecule has 4 heterocycles. The Bertz CT molecular complexity index is 1220. The molecule has 5 rings (SSSR count). The molecule has 2 aliphatic heterocycles. The molecule has 1 saturated heterocycles. The zero-order valence-electron chi connectivity index (χ0n) is 17.6. The third kappa shape index (κ3) is 3.67. The van der Waals surface area contributed by atoms with E-state index in [4.69, 9.17) is 31.0 Å². The molecule has 0 saturated carbocycles. The number of morpholine rings is 1. The van der Waals surface area contributed by atoms with Gasteiger partial charge in [0, 0.05) is 12.1 Å². The lowest BCUT2D eigenvalue weighted by molar-refractivity contribution is 0.0684. The van der Waals surface area contributed by atoms with E-state index in [1.165, 1.54) is 0 Å². The number of nitrogens with one attached hydrogen (secondary N) is 1. The average molecular weight is 456 g/mol. The van der Waals surface area contributed by atoms with Crippen molar-refractivity contribution < 1.29 is 19.4 Å². The Morgan fingerprint density at radius 3 is 2.94 bits per heavy atom. The van der Waals surface area contributed by atoms with Crippen LogP contribution in [-0.2, 0) is 4.74 Å². The van der Waals surface area contributed by atoms with Crippen LogP contribution >= 0.6 is 11.6 Å². The van der Waals surface area contributed by atoms with Crippen molar-refractivity contribution in [1.82, 2.24) is 15.0 Å².